The van der Waals surface area contributed by atoms with Crippen LogP contribution in [0.25, 0.3) is 10.9 Å². The van der Waals surface area contributed by atoms with Crippen LogP contribution in [0.3, 0.4) is 0 Å². The molecule has 0 aliphatic rings. The molecule has 0 saturated carbocycles. The second kappa shape index (κ2) is 7.44. The Hall–Kier alpha value is -3.80. The molecule has 0 fully saturated rings. The molecule has 0 aliphatic heterocycles. The van der Waals surface area contributed by atoms with Crippen molar-refractivity contribution in [2.24, 2.45) is 0 Å². The number of nitro groups is 1. The van der Waals surface area contributed by atoms with Gasteiger partial charge in [-0.05, 0) is 11.6 Å². The smallest absolute Gasteiger partial charge is 0.270 e. The molecule has 1 atom stereocenters. The summed E-state index contributed by atoms with van der Waals surface area (Å²) in [7, 11) is 0. The Bertz CT molecular complexity index is 1140. The average Bonchev–Trinajstić information content (AvgIpc) is 3.16. The molecule has 138 valence electrons. The van der Waals surface area contributed by atoms with Crippen LogP contribution in [0.1, 0.15) is 28.4 Å². The van der Waals surface area contributed by atoms with Crippen molar-refractivity contribution < 1.29 is 9.72 Å². The van der Waals surface area contributed by atoms with E-state index in [1.807, 2.05) is 48.5 Å². The SMILES string of the molecule is O=C(CC(c1ccccc1)n1ncc2cc([N+](=O)[O-])ccc21)c1ccccc1. The highest BCUT2D eigenvalue weighted by Gasteiger charge is 2.22. The lowest BCUT2D eigenvalue weighted by atomic mass is 9.98. The Labute approximate surface area is 161 Å². The summed E-state index contributed by atoms with van der Waals surface area (Å²) in [4.78, 5) is 23.5. The maximum atomic E-state index is 12.9. The molecule has 6 nitrogen and oxygen atoms in total. The van der Waals surface area contributed by atoms with Crippen molar-refractivity contribution in [2.45, 2.75) is 12.5 Å². The van der Waals surface area contributed by atoms with Gasteiger partial charge < -0.3 is 0 Å². The van der Waals surface area contributed by atoms with Gasteiger partial charge in [-0.2, -0.15) is 5.10 Å². The molecule has 0 spiro atoms. The number of fused-ring (bicyclic) bond motifs is 1. The summed E-state index contributed by atoms with van der Waals surface area (Å²) < 4.78 is 1.77. The van der Waals surface area contributed by atoms with E-state index in [2.05, 4.69) is 5.10 Å². The van der Waals surface area contributed by atoms with E-state index in [9.17, 15) is 14.9 Å². The summed E-state index contributed by atoms with van der Waals surface area (Å²) in [6.07, 6.45) is 1.84. The zero-order valence-corrected chi connectivity index (χ0v) is 14.9. The van der Waals surface area contributed by atoms with Crippen molar-refractivity contribution in [3.63, 3.8) is 0 Å². The molecule has 0 saturated heterocycles. The molecule has 1 heterocycles. The number of Topliss-reactive ketones (excluding diaryl/α,β-unsaturated/α-hetero) is 1. The molecule has 4 rings (SSSR count). The van der Waals surface area contributed by atoms with E-state index in [1.54, 1.807) is 29.1 Å². The minimum Gasteiger partial charge on any atom is -0.294 e. The molecule has 28 heavy (non-hydrogen) atoms. The summed E-state index contributed by atoms with van der Waals surface area (Å²) in [6, 6.07) is 23.2. The van der Waals surface area contributed by atoms with Crippen LogP contribution in [0.4, 0.5) is 5.69 Å². The number of aromatic nitrogens is 2. The van der Waals surface area contributed by atoms with Gasteiger partial charge in [0, 0.05) is 29.5 Å². The van der Waals surface area contributed by atoms with Crippen molar-refractivity contribution in [3.05, 3.63) is 106 Å². The standard InChI is InChI=1S/C22H17N3O3/c26-22(17-9-5-2-6-10-17)14-21(16-7-3-1-4-8-16)24-20-12-11-19(25(27)28)13-18(20)15-23-24/h1-13,15,21H,14H2. The molecule has 3 aromatic carbocycles. The lowest BCUT2D eigenvalue weighted by Gasteiger charge is -2.19. The van der Waals surface area contributed by atoms with Gasteiger partial charge in [-0.15, -0.1) is 0 Å². The van der Waals surface area contributed by atoms with Crippen LogP contribution < -0.4 is 0 Å². The summed E-state index contributed by atoms with van der Waals surface area (Å²) in [6.45, 7) is 0. The highest BCUT2D eigenvalue weighted by atomic mass is 16.6. The van der Waals surface area contributed by atoms with Gasteiger partial charge in [0.25, 0.3) is 5.69 Å². The Kier molecular flexibility index (Phi) is 4.68. The lowest BCUT2D eigenvalue weighted by Crippen LogP contribution is -2.16. The van der Waals surface area contributed by atoms with Crippen molar-refractivity contribution in [1.29, 1.82) is 0 Å². The Balaban J connectivity index is 1.77. The van der Waals surface area contributed by atoms with Crippen molar-refractivity contribution in [1.82, 2.24) is 9.78 Å². The van der Waals surface area contributed by atoms with Gasteiger partial charge in [-0.1, -0.05) is 60.7 Å². The third kappa shape index (κ3) is 3.40. The first-order valence-electron chi connectivity index (χ1n) is 8.88. The molecule has 4 aromatic rings. The molecular formula is C22H17N3O3. The molecule has 0 radical (unpaired) electrons. The van der Waals surface area contributed by atoms with Crippen LogP contribution in [0.15, 0.2) is 85.1 Å². The number of non-ortho nitro benzene ring substituents is 1. The van der Waals surface area contributed by atoms with Crippen LogP contribution in [-0.4, -0.2) is 20.5 Å². The van der Waals surface area contributed by atoms with Crippen LogP contribution in [0, 0.1) is 10.1 Å². The van der Waals surface area contributed by atoms with E-state index >= 15 is 0 Å². The number of rotatable bonds is 6. The van der Waals surface area contributed by atoms with Gasteiger partial charge >= 0.3 is 0 Å². The normalized spacial score (nSPS) is 12.0. The zero-order valence-electron chi connectivity index (χ0n) is 14.9. The second-order valence-electron chi connectivity index (χ2n) is 6.51. The molecule has 0 N–H and O–H groups in total. The molecular weight excluding hydrogens is 354 g/mol. The lowest BCUT2D eigenvalue weighted by molar-refractivity contribution is -0.384. The van der Waals surface area contributed by atoms with Crippen LogP contribution in [0.2, 0.25) is 0 Å². The number of hydrogen-bond donors (Lipinski definition) is 0. The minimum atomic E-state index is -0.426. The van der Waals surface area contributed by atoms with Gasteiger partial charge in [0.1, 0.15) is 0 Å². The van der Waals surface area contributed by atoms with Crippen molar-refractivity contribution >= 4 is 22.4 Å². The fourth-order valence-electron chi connectivity index (χ4n) is 3.34. The number of ketones is 1. The Morgan fingerprint density at radius 1 is 1.00 bits per heavy atom. The highest BCUT2D eigenvalue weighted by molar-refractivity contribution is 5.96. The molecule has 1 aromatic heterocycles. The van der Waals surface area contributed by atoms with E-state index in [0.29, 0.717) is 10.9 Å². The number of benzene rings is 3. The van der Waals surface area contributed by atoms with Gasteiger partial charge in [0.15, 0.2) is 5.78 Å². The fraction of sp³-hybridized carbons (Fsp3) is 0.0909. The average molecular weight is 371 g/mol. The van der Waals surface area contributed by atoms with Crippen molar-refractivity contribution in [2.75, 3.05) is 0 Å². The van der Waals surface area contributed by atoms with E-state index in [-0.39, 0.29) is 23.9 Å². The first-order valence-corrected chi connectivity index (χ1v) is 8.88. The number of nitro benzene ring substituents is 1. The first kappa shape index (κ1) is 17.6. The van der Waals surface area contributed by atoms with Gasteiger partial charge in [-0.3, -0.25) is 19.6 Å². The number of nitrogens with zero attached hydrogens (tertiary/aromatic N) is 3. The maximum Gasteiger partial charge on any atom is 0.270 e. The summed E-state index contributed by atoms with van der Waals surface area (Å²) in [5, 5.41) is 16.2. The van der Waals surface area contributed by atoms with Crippen LogP contribution in [0.5, 0.6) is 0 Å². The second-order valence-corrected chi connectivity index (χ2v) is 6.51. The van der Waals surface area contributed by atoms with E-state index < -0.39 is 4.92 Å². The quantitative estimate of drug-likeness (QED) is 0.277. The third-order valence-corrected chi connectivity index (χ3v) is 4.74. The Morgan fingerprint density at radius 2 is 1.68 bits per heavy atom. The molecule has 6 heteroatoms. The largest absolute Gasteiger partial charge is 0.294 e. The van der Waals surface area contributed by atoms with Gasteiger partial charge in [-0.25, -0.2) is 0 Å². The topological polar surface area (TPSA) is 78.0 Å². The maximum absolute atomic E-state index is 12.9. The minimum absolute atomic E-state index is 0.0139. The molecule has 0 amide bonds. The van der Waals surface area contributed by atoms with E-state index in [0.717, 1.165) is 11.1 Å². The van der Waals surface area contributed by atoms with Gasteiger partial charge in [0.2, 0.25) is 0 Å². The van der Waals surface area contributed by atoms with E-state index in [4.69, 9.17) is 0 Å². The van der Waals surface area contributed by atoms with Crippen LogP contribution in [-0.2, 0) is 0 Å². The zero-order chi connectivity index (χ0) is 19.5. The molecule has 1 unspecified atom stereocenters. The van der Waals surface area contributed by atoms with Crippen molar-refractivity contribution in [3.8, 4) is 0 Å². The predicted octanol–water partition coefficient (Wildman–Crippen LogP) is 4.81. The van der Waals surface area contributed by atoms with E-state index in [1.165, 1.54) is 12.1 Å². The fourth-order valence-corrected chi connectivity index (χ4v) is 3.34. The summed E-state index contributed by atoms with van der Waals surface area (Å²) >= 11 is 0. The monoisotopic (exact) mass is 371 g/mol. The predicted molar refractivity (Wildman–Crippen MR) is 106 cm³/mol. The number of carbonyl (C=O) groups excluding carboxylic acids is 1. The van der Waals surface area contributed by atoms with Gasteiger partial charge in [0.05, 0.1) is 22.7 Å². The third-order valence-electron chi connectivity index (χ3n) is 4.74. The highest BCUT2D eigenvalue weighted by Crippen LogP contribution is 2.29. The summed E-state index contributed by atoms with van der Waals surface area (Å²) in [5.41, 5.74) is 2.37. The Morgan fingerprint density at radius 3 is 2.36 bits per heavy atom. The summed E-state index contributed by atoms with van der Waals surface area (Å²) in [5.74, 6) is 0.0139. The number of hydrogen-bond acceptors (Lipinski definition) is 4. The van der Waals surface area contributed by atoms with Crippen LogP contribution >= 0.6 is 0 Å². The molecule has 0 bridgehead atoms. The number of carbonyl (C=O) groups is 1. The molecule has 0 aliphatic carbocycles. The first-order chi connectivity index (χ1) is 13.6.